The summed E-state index contributed by atoms with van der Waals surface area (Å²) in [7, 11) is 0. The third-order valence-corrected chi connectivity index (χ3v) is 3.26. The van der Waals surface area contributed by atoms with Crippen LogP contribution in [0.25, 0.3) is 5.82 Å². The summed E-state index contributed by atoms with van der Waals surface area (Å²) in [6, 6.07) is 12.9. The van der Waals surface area contributed by atoms with Gasteiger partial charge in [-0.2, -0.15) is 0 Å². The van der Waals surface area contributed by atoms with Crippen molar-refractivity contribution in [3.8, 4) is 17.3 Å². The zero-order valence-corrected chi connectivity index (χ0v) is 12.0. The lowest BCUT2D eigenvalue weighted by Gasteiger charge is -2.17. The van der Waals surface area contributed by atoms with Crippen LogP contribution in [0.5, 0.6) is 11.5 Å². The molecule has 1 unspecified atom stereocenters. The first-order valence-electron chi connectivity index (χ1n) is 6.92. The number of carbonyl (C=O) groups is 1. The minimum atomic E-state index is -1.20. The molecule has 0 aliphatic heterocycles. The summed E-state index contributed by atoms with van der Waals surface area (Å²) in [6.45, 7) is 0. The second kappa shape index (κ2) is 6.23. The highest BCUT2D eigenvalue weighted by atomic mass is 16.5. The third kappa shape index (κ3) is 3.16. The van der Waals surface area contributed by atoms with Crippen LogP contribution in [0.3, 0.4) is 0 Å². The molecule has 0 spiro atoms. The Labute approximate surface area is 132 Å². The molecule has 1 aromatic carbocycles. The molecule has 116 valence electrons. The summed E-state index contributed by atoms with van der Waals surface area (Å²) in [5, 5.41) is 18.8. The van der Waals surface area contributed by atoms with Gasteiger partial charge in [0.25, 0.3) is 0 Å². The molecule has 0 aliphatic rings. The minimum Gasteiger partial charge on any atom is -0.508 e. The predicted molar refractivity (Wildman–Crippen MR) is 82.7 cm³/mol. The second-order valence-electron chi connectivity index (χ2n) is 4.84. The molecule has 0 radical (unpaired) electrons. The van der Waals surface area contributed by atoms with Crippen molar-refractivity contribution in [2.45, 2.75) is 6.10 Å². The molecule has 6 heteroatoms. The fourth-order valence-corrected chi connectivity index (χ4v) is 2.18. The number of benzene rings is 1. The van der Waals surface area contributed by atoms with Crippen molar-refractivity contribution in [2.24, 2.45) is 0 Å². The van der Waals surface area contributed by atoms with E-state index in [2.05, 4.69) is 4.98 Å². The minimum absolute atomic E-state index is 0.0623. The summed E-state index contributed by atoms with van der Waals surface area (Å²) >= 11 is 0. The zero-order valence-electron chi connectivity index (χ0n) is 12.0. The van der Waals surface area contributed by atoms with Crippen LogP contribution in [0.1, 0.15) is 11.7 Å². The van der Waals surface area contributed by atoms with Gasteiger partial charge in [0.15, 0.2) is 11.6 Å². The number of rotatable bonds is 5. The van der Waals surface area contributed by atoms with Gasteiger partial charge in [0.05, 0.1) is 0 Å². The lowest BCUT2D eigenvalue weighted by Crippen LogP contribution is -2.19. The SMILES string of the molecule is O=C(O)C(Oc1cccnc1-n1cccc1)c1ccc(O)cc1. The van der Waals surface area contributed by atoms with E-state index in [1.807, 2.05) is 12.1 Å². The van der Waals surface area contributed by atoms with Gasteiger partial charge in [0, 0.05) is 24.2 Å². The molecule has 23 heavy (non-hydrogen) atoms. The van der Waals surface area contributed by atoms with Gasteiger partial charge >= 0.3 is 5.97 Å². The van der Waals surface area contributed by atoms with Gasteiger partial charge in [-0.1, -0.05) is 12.1 Å². The Morgan fingerprint density at radius 3 is 2.43 bits per heavy atom. The Morgan fingerprint density at radius 1 is 1.09 bits per heavy atom. The first kappa shape index (κ1) is 14.6. The fraction of sp³-hybridized carbons (Fsp3) is 0.0588. The second-order valence-corrected chi connectivity index (χ2v) is 4.84. The van der Waals surface area contributed by atoms with Crippen molar-refractivity contribution in [3.05, 3.63) is 72.7 Å². The Hall–Kier alpha value is -3.28. The van der Waals surface area contributed by atoms with Gasteiger partial charge in [-0.3, -0.25) is 0 Å². The molecule has 1 atom stereocenters. The number of ether oxygens (including phenoxy) is 1. The molecular formula is C17H14N2O4. The third-order valence-electron chi connectivity index (χ3n) is 3.26. The molecule has 3 rings (SSSR count). The fourth-order valence-electron chi connectivity index (χ4n) is 2.18. The highest BCUT2D eigenvalue weighted by molar-refractivity contribution is 5.75. The number of phenolic OH excluding ortho intramolecular Hbond substituents is 1. The Balaban J connectivity index is 1.96. The number of carboxylic acid groups (broad SMARTS) is 1. The number of hydrogen-bond acceptors (Lipinski definition) is 4. The number of nitrogens with zero attached hydrogens (tertiary/aromatic N) is 2. The molecule has 0 fully saturated rings. The predicted octanol–water partition coefficient (Wildman–Crippen LogP) is 2.78. The van der Waals surface area contributed by atoms with Crippen LogP contribution in [0, 0.1) is 0 Å². The van der Waals surface area contributed by atoms with Crippen LogP contribution >= 0.6 is 0 Å². The van der Waals surface area contributed by atoms with Gasteiger partial charge in [0.1, 0.15) is 5.75 Å². The zero-order chi connectivity index (χ0) is 16.2. The van der Waals surface area contributed by atoms with E-state index >= 15 is 0 Å². The normalized spacial score (nSPS) is 11.8. The lowest BCUT2D eigenvalue weighted by molar-refractivity contribution is -0.145. The topological polar surface area (TPSA) is 84.6 Å². The Bertz CT molecular complexity index is 798. The Kier molecular flexibility index (Phi) is 3.97. The number of phenols is 1. The molecule has 0 saturated carbocycles. The maximum absolute atomic E-state index is 11.6. The lowest BCUT2D eigenvalue weighted by atomic mass is 10.1. The van der Waals surface area contributed by atoms with E-state index in [0.29, 0.717) is 17.1 Å². The molecule has 0 aliphatic carbocycles. The van der Waals surface area contributed by atoms with E-state index in [-0.39, 0.29) is 5.75 Å². The molecule has 6 nitrogen and oxygen atoms in total. The van der Waals surface area contributed by atoms with E-state index in [1.165, 1.54) is 24.3 Å². The van der Waals surface area contributed by atoms with Crippen LogP contribution in [-0.2, 0) is 4.79 Å². The number of hydrogen-bond donors (Lipinski definition) is 2. The standard InChI is InChI=1S/C17H14N2O4/c20-13-7-5-12(6-8-13)15(17(21)22)23-14-4-3-9-18-16(14)19-10-1-2-11-19/h1-11,15,20H,(H,21,22). The van der Waals surface area contributed by atoms with Gasteiger partial charge < -0.3 is 19.5 Å². The van der Waals surface area contributed by atoms with E-state index < -0.39 is 12.1 Å². The summed E-state index contributed by atoms with van der Waals surface area (Å²) in [4.78, 5) is 15.8. The van der Waals surface area contributed by atoms with Crippen LogP contribution < -0.4 is 4.74 Å². The Morgan fingerprint density at radius 2 is 1.78 bits per heavy atom. The molecular weight excluding hydrogens is 296 g/mol. The summed E-state index contributed by atoms with van der Waals surface area (Å²) < 4.78 is 7.43. The van der Waals surface area contributed by atoms with Crippen molar-refractivity contribution in [1.29, 1.82) is 0 Å². The van der Waals surface area contributed by atoms with Crippen LogP contribution in [0.2, 0.25) is 0 Å². The first-order chi connectivity index (χ1) is 11.1. The van der Waals surface area contributed by atoms with Gasteiger partial charge in [-0.15, -0.1) is 0 Å². The number of pyridine rings is 1. The van der Waals surface area contributed by atoms with Crippen molar-refractivity contribution >= 4 is 5.97 Å². The number of carboxylic acids is 1. The average Bonchev–Trinajstić information content (AvgIpc) is 3.08. The molecule has 2 heterocycles. The number of aromatic hydroxyl groups is 1. The number of aromatic nitrogens is 2. The first-order valence-corrected chi connectivity index (χ1v) is 6.92. The van der Waals surface area contributed by atoms with Crippen LogP contribution in [0.15, 0.2) is 67.1 Å². The van der Waals surface area contributed by atoms with E-state index in [1.54, 1.807) is 35.3 Å². The number of aliphatic carboxylic acids is 1. The molecule has 0 saturated heterocycles. The van der Waals surface area contributed by atoms with Gasteiger partial charge in [0.2, 0.25) is 6.10 Å². The summed E-state index contributed by atoms with van der Waals surface area (Å²) in [6.07, 6.45) is 4.00. The monoisotopic (exact) mass is 310 g/mol. The van der Waals surface area contributed by atoms with Crippen molar-refractivity contribution in [3.63, 3.8) is 0 Å². The molecule has 2 aromatic heterocycles. The quantitative estimate of drug-likeness (QED) is 0.757. The van der Waals surface area contributed by atoms with Crippen molar-refractivity contribution in [2.75, 3.05) is 0 Å². The van der Waals surface area contributed by atoms with Crippen LogP contribution in [-0.4, -0.2) is 25.7 Å². The largest absolute Gasteiger partial charge is 0.508 e. The molecule has 3 aromatic rings. The maximum atomic E-state index is 11.6. The van der Waals surface area contributed by atoms with Gasteiger partial charge in [-0.05, 0) is 36.4 Å². The highest BCUT2D eigenvalue weighted by Gasteiger charge is 2.23. The summed E-state index contributed by atoms with van der Waals surface area (Å²) in [5.74, 6) is -0.211. The van der Waals surface area contributed by atoms with E-state index in [4.69, 9.17) is 4.74 Å². The van der Waals surface area contributed by atoms with Gasteiger partial charge in [-0.25, -0.2) is 9.78 Å². The van der Waals surface area contributed by atoms with Crippen LogP contribution in [0.4, 0.5) is 0 Å². The molecule has 0 bridgehead atoms. The smallest absolute Gasteiger partial charge is 0.349 e. The van der Waals surface area contributed by atoms with E-state index in [9.17, 15) is 15.0 Å². The average molecular weight is 310 g/mol. The maximum Gasteiger partial charge on any atom is 0.349 e. The van der Waals surface area contributed by atoms with E-state index in [0.717, 1.165) is 0 Å². The highest BCUT2D eigenvalue weighted by Crippen LogP contribution is 2.27. The summed E-state index contributed by atoms with van der Waals surface area (Å²) in [5.41, 5.74) is 0.428. The molecule has 2 N–H and O–H groups in total. The molecule has 0 amide bonds. The van der Waals surface area contributed by atoms with Crippen molar-refractivity contribution < 1.29 is 19.7 Å². The van der Waals surface area contributed by atoms with Crippen molar-refractivity contribution in [1.82, 2.24) is 9.55 Å².